The molecule has 4 nitrogen and oxygen atoms in total. The molecule has 2 rings (SSSR count). The highest BCUT2D eigenvalue weighted by Crippen LogP contribution is 2.37. The monoisotopic (exact) mass is 294 g/mol. The Morgan fingerprint density at radius 2 is 2.18 bits per heavy atom. The maximum Gasteiger partial charge on any atom is 0.242 e. The summed E-state index contributed by atoms with van der Waals surface area (Å²) in [4.78, 5) is 3.76. The number of aromatic nitrogens is 1. The molecule has 1 aliphatic rings. The molecule has 2 atom stereocenters. The molecule has 1 N–H and O–H groups in total. The first-order valence-electron chi connectivity index (χ1n) is 5.21. The number of rotatable bonds is 4. The molecule has 0 aromatic carbocycles. The third-order valence-electron chi connectivity index (χ3n) is 2.89. The van der Waals surface area contributed by atoms with Crippen LogP contribution in [0, 0.1) is 11.8 Å². The molecule has 1 fully saturated rings. The highest BCUT2D eigenvalue weighted by molar-refractivity contribution is 7.89. The minimum Gasteiger partial charge on any atom is -0.242 e. The van der Waals surface area contributed by atoms with Gasteiger partial charge in [-0.15, -0.1) is 0 Å². The third kappa shape index (κ3) is 3.10. The zero-order valence-electron chi connectivity index (χ0n) is 9.15. The maximum absolute atomic E-state index is 11.9. The summed E-state index contributed by atoms with van der Waals surface area (Å²) in [6, 6.07) is 1.30. The fraction of sp³-hybridized carbons (Fsp3) is 0.500. The minimum absolute atomic E-state index is 0.0419. The van der Waals surface area contributed by atoms with Gasteiger partial charge in [-0.05, 0) is 24.3 Å². The first-order valence-corrected chi connectivity index (χ1v) is 7.45. The number of pyridine rings is 1. The van der Waals surface area contributed by atoms with Crippen LogP contribution in [0.15, 0.2) is 17.2 Å². The van der Waals surface area contributed by atoms with Crippen LogP contribution in [0.5, 0.6) is 0 Å². The van der Waals surface area contributed by atoms with Crippen LogP contribution in [0.2, 0.25) is 10.2 Å². The van der Waals surface area contributed by atoms with Crippen molar-refractivity contribution >= 4 is 33.2 Å². The van der Waals surface area contributed by atoms with Crippen molar-refractivity contribution in [2.75, 3.05) is 6.54 Å². The van der Waals surface area contributed by atoms with Crippen molar-refractivity contribution in [1.82, 2.24) is 9.71 Å². The van der Waals surface area contributed by atoms with Crippen LogP contribution in [0.1, 0.15) is 13.3 Å². The van der Waals surface area contributed by atoms with Gasteiger partial charge in [0.2, 0.25) is 10.0 Å². The number of hydrogen-bond donors (Lipinski definition) is 1. The van der Waals surface area contributed by atoms with Crippen molar-refractivity contribution in [2.45, 2.75) is 18.2 Å². The molecular weight excluding hydrogens is 283 g/mol. The second kappa shape index (κ2) is 4.72. The summed E-state index contributed by atoms with van der Waals surface area (Å²) in [5.74, 6) is 1.05. The van der Waals surface area contributed by atoms with Crippen LogP contribution < -0.4 is 4.72 Å². The van der Waals surface area contributed by atoms with Crippen LogP contribution in [0.3, 0.4) is 0 Å². The standard InChI is InChI=1S/C10H12Cl2N2O2S/c1-6-2-7(6)4-14-17(15,16)8-3-9(11)10(12)13-5-8/h3,5-7,14H,2,4H2,1H3. The quantitative estimate of drug-likeness (QED) is 0.867. The Kier molecular flexibility index (Phi) is 3.63. The Hall–Kier alpha value is -0.360. The van der Waals surface area contributed by atoms with Crippen molar-refractivity contribution in [3.8, 4) is 0 Å². The molecule has 0 bridgehead atoms. The molecule has 0 radical (unpaired) electrons. The SMILES string of the molecule is CC1CC1CNS(=O)(=O)c1cnc(Cl)c(Cl)c1. The summed E-state index contributed by atoms with van der Waals surface area (Å²) in [7, 11) is -3.53. The summed E-state index contributed by atoms with van der Waals surface area (Å²) < 4.78 is 26.3. The van der Waals surface area contributed by atoms with E-state index >= 15 is 0 Å². The summed E-state index contributed by atoms with van der Waals surface area (Å²) in [5.41, 5.74) is 0. The first-order chi connectivity index (χ1) is 7.90. The number of hydrogen-bond acceptors (Lipinski definition) is 3. The number of sulfonamides is 1. The normalized spacial score (nSPS) is 23.7. The van der Waals surface area contributed by atoms with Crippen LogP contribution in [-0.4, -0.2) is 19.9 Å². The molecule has 0 amide bonds. The van der Waals surface area contributed by atoms with Gasteiger partial charge in [0.1, 0.15) is 10.0 Å². The molecule has 1 aromatic heterocycles. The van der Waals surface area contributed by atoms with E-state index in [9.17, 15) is 8.42 Å². The van der Waals surface area contributed by atoms with Crippen molar-refractivity contribution in [3.05, 3.63) is 22.4 Å². The molecule has 1 heterocycles. The van der Waals surface area contributed by atoms with Gasteiger partial charge in [-0.25, -0.2) is 18.1 Å². The fourth-order valence-electron chi connectivity index (χ4n) is 1.53. The Morgan fingerprint density at radius 3 is 2.71 bits per heavy atom. The van der Waals surface area contributed by atoms with Gasteiger partial charge in [0.15, 0.2) is 0 Å². The first kappa shape index (κ1) is 13.1. The zero-order valence-corrected chi connectivity index (χ0v) is 11.5. The van der Waals surface area contributed by atoms with E-state index in [1.807, 2.05) is 0 Å². The van der Waals surface area contributed by atoms with Crippen molar-refractivity contribution in [1.29, 1.82) is 0 Å². The molecule has 1 aromatic rings. The lowest BCUT2D eigenvalue weighted by atomic mass is 10.3. The topological polar surface area (TPSA) is 59.1 Å². The lowest BCUT2D eigenvalue weighted by Gasteiger charge is -2.06. The number of halogens is 2. The van der Waals surface area contributed by atoms with E-state index in [1.165, 1.54) is 12.3 Å². The molecule has 0 saturated heterocycles. The van der Waals surface area contributed by atoms with Crippen LogP contribution >= 0.6 is 23.2 Å². The highest BCUT2D eigenvalue weighted by Gasteiger charge is 2.33. The van der Waals surface area contributed by atoms with Crippen LogP contribution in [0.25, 0.3) is 0 Å². The molecule has 0 spiro atoms. The molecule has 1 saturated carbocycles. The Labute approximate surface area is 110 Å². The minimum atomic E-state index is -3.53. The molecule has 1 aliphatic carbocycles. The average molecular weight is 295 g/mol. The second-order valence-electron chi connectivity index (χ2n) is 4.27. The zero-order chi connectivity index (χ0) is 12.6. The third-order valence-corrected chi connectivity index (χ3v) is 4.97. The summed E-state index contributed by atoms with van der Waals surface area (Å²) >= 11 is 11.4. The second-order valence-corrected chi connectivity index (χ2v) is 6.80. The Balaban J connectivity index is 2.10. The van der Waals surface area contributed by atoms with Crippen LogP contribution in [0.4, 0.5) is 0 Å². The van der Waals surface area contributed by atoms with Gasteiger partial charge in [0.05, 0.1) is 5.02 Å². The number of nitrogens with one attached hydrogen (secondary N) is 1. The molecule has 7 heteroatoms. The van der Waals surface area contributed by atoms with E-state index in [0.717, 1.165) is 6.42 Å². The maximum atomic E-state index is 11.9. The van der Waals surface area contributed by atoms with Gasteiger partial charge in [-0.1, -0.05) is 30.1 Å². The van der Waals surface area contributed by atoms with Gasteiger partial charge >= 0.3 is 0 Å². The number of nitrogens with zero attached hydrogens (tertiary/aromatic N) is 1. The Bertz CT molecular complexity index is 533. The molecule has 2 unspecified atom stereocenters. The van der Waals surface area contributed by atoms with Gasteiger partial charge in [-0.3, -0.25) is 0 Å². The lowest BCUT2D eigenvalue weighted by Crippen LogP contribution is -2.26. The van der Waals surface area contributed by atoms with E-state index in [-0.39, 0.29) is 15.1 Å². The van der Waals surface area contributed by atoms with Gasteiger partial charge < -0.3 is 0 Å². The van der Waals surface area contributed by atoms with Crippen LogP contribution in [-0.2, 0) is 10.0 Å². The predicted octanol–water partition coefficient (Wildman–Crippen LogP) is 2.32. The molecule has 17 heavy (non-hydrogen) atoms. The summed E-state index contributed by atoms with van der Waals surface area (Å²) in [6.45, 7) is 2.56. The van der Waals surface area contributed by atoms with E-state index in [4.69, 9.17) is 23.2 Å². The fourth-order valence-corrected chi connectivity index (χ4v) is 2.93. The smallest absolute Gasteiger partial charge is 0.242 e. The van der Waals surface area contributed by atoms with Gasteiger partial charge in [0, 0.05) is 12.7 Å². The predicted molar refractivity (Wildman–Crippen MR) is 66.7 cm³/mol. The molecule has 94 valence electrons. The van der Waals surface area contributed by atoms with Gasteiger partial charge in [-0.2, -0.15) is 0 Å². The van der Waals surface area contributed by atoms with E-state index < -0.39 is 10.0 Å². The molecular formula is C10H12Cl2N2O2S. The van der Waals surface area contributed by atoms with E-state index in [2.05, 4.69) is 16.6 Å². The highest BCUT2D eigenvalue weighted by atomic mass is 35.5. The average Bonchev–Trinajstić information content (AvgIpc) is 2.96. The van der Waals surface area contributed by atoms with E-state index in [0.29, 0.717) is 18.4 Å². The van der Waals surface area contributed by atoms with Crippen molar-refractivity contribution in [3.63, 3.8) is 0 Å². The van der Waals surface area contributed by atoms with Gasteiger partial charge in [0.25, 0.3) is 0 Å². The largest absolute Gasteiger partial charge is 0.242 e. The van der Waals surface area contributed by atoms with E-state index in [1.54, 1.807) is 0 Å². The lowest BCUT2D eigenvalue weighted by molar-refractivity contribution is 0.574. The summed E-state index contributed by atoms with van der Waals surface area (Å²) in [5, 5.41) is 0.232. The Morgan fingerprint density at radius 1 is 1.53 bits per heavy atom. The van der Waals surface area contributed by atoms with Crippen molar-refractivity contribution < 1.29 is 8.42 Å². The summed E-state index contributed by atoms with van der Waals surface area (Å²) in [6.07, 6.45) is 2.27. The van der Waals surface area contributed by atoms with Crippen molar-refractivity contribution in [2.24, 2.45) is 11.8 Å². The molecule has 0 aliphatic heterocycles.